The predicted octanol–water partition coefficient (Wildman–Crippen LogP) is 2.18. The van der Waals surface area contributed by atoms with Crippen LogP contribution < -0.4 is 10.6 Å². The van der Waals surface area contributed by atoms with Gasteiger partial charge in [-0.1, -0.05) is 23.8 Å². The van der Waals surface area contributed by atoms with E-state index in [9.17, 15) is 8.42 Å². The van der Waals surface area contributed by atoms with Gasteiger partial charge in [-0.2, -0.15) is 0 Å². The Morgan fingerprint density at radius 3 is 2.57 bits per heavy atom. The molecule has 0 saturated heterocycles. The molecule has 5 nitrogen and oxygen atoms in total. The normalized spacial score (nSPS) is 13.7. The number of nitrogens with zero attached hydrogens (tertiary/aromatic N) is 1. The molecule has 1 rings (SSSR count). The smallest absolute Gasteiger partial charge is 0.191 e. The third-order valence-corrected chi connectivity index (χ3v) is 4.53. The Morgan fingerprint density at radius 2 is 2.00 bits per heavy atom. The Morgan fingerprint density at radius 1 is 1.30 bits per heavy atom. The molecule has 1 unspecified atom stereocenters. The predicted molar refractivity (Wildman–Crippen MR) is 97.7 cm³/mol. The molecule has 23 heavy (non-hydrogen) atoms. The summed E-state index contributed by atoms with van der Waals surface area (Å²) in [6.07, 6.45) is 1.83. The average molecular weight is 340 g/mol. The molecule has 1 aromatic rings. The molecule has 2 N–H and O–H groups in total. The lowest BCUT2D eigenvalue weighted by Crippen LogP contribution is -2.42. The molecule has 1 aromatic carbocycles. The second kappa shape index (κ2) is 8.91. The molecule has 0 spiro atoms. The fourth-order valence-electron chi connectivity index (χ4n) is 2.20. The Labute approximate surface area is 140 Å². The van der Waals surface area contributed by atoms with E-state index in [0.29, 0.717) is 18.9 Å². The number of guanidine groups is 1. The summed E-state index contributed by atoms with van der Waals surface area (Å²) < 4.78 is 22.5. The largest absolute Gasteiger partial charge is 0.357 e. The highest BCUT2D eigenvalue weighted by molar-refractivity contribution is 7.90. The maximum absolute atomic E-state index is 11.2. The van der Waals surface area contributed by atoms with E-state index in [0.717, 1.165) is 6.54 Å². The summed E-state index contributed by atoms with van der Waals surface area (Å²) in [6, 6.07) is 6.39. The molecule has 0 amide bonds. The minimum atomic E-state index is -2.93. The molecule has 0 aliphatic rings. The summed E-state index contributed by atoms with van der Waals surface area (Å²) in [7, 11) is -2.93. The molecule has 0 fully saturated rings. The van der Waals surface area contributed by atoms with E-state index in [-0.39, 0.29) is 11.8 Å². The van der Waals surface area contributed by atoms with E-state index in [2.05, 4.69) is 47.7 Å². The van der Waals surface area contributed by atoms with Crippen LogP contribution in [0.3, 0.4) is 0 Å². The van der Waals surface area contributed by atoms with Gasteiger partial charge in [-0.25, -0.2) is 13.4 Å². The highest BCUT2D eigenvalue weighted by atomic mass is 32.2. The van der Waals surface area contributed by atoms with Crippen LogP contribution in [0.4, 0.5) is 0 Å². The molecule has 0 bridgehead atoms. The lowest BCUT2D eigenvalue weighted by atomic mass is 10.1. The molecule has 0 heterocycles. The van der Waals surface area contributed by atoms with E-state index < -0.39 is 9.84 Å². The van der Waals surface area contributed by atoms with Crippen LogP contribution >= 0.6 is 0 Å². The van der Waals surface area contributed by atoms with E-state index in [1.807, 2.05) is 13.8 Å². The quantitative estimate of drug-likeness (QED) is 0.590. The fourth-order valence-corrected chi connectivity index (χ4v) is 2.99. The lowest BCUT2D eigenvalue weighted by molar-refractivity contribution is 0.581. The van der Waals surface area contributed by atoms with Crippen molar-refractivity contribution in [3.8, 4) is 0 Å². The highest BCUT2D eigenvalue weighted by Crippen LogP contribution is 2.11. The van der Waals surface area contributed by atoms with Gasteiger partial charge in [-0.15, -0.1) is 0 Å². The zero-order valence-corrected chi connectivity index (χ0v) is 15.6. The average Bonchev–Trinajstić information content (AvgIpc) is 2.43. The Bertz CT molecular complexity index is 639. The van der Waals surface area contributed by atoms with Crippen LogP contribution in [0.15, 0.2) is 23.2 Å². The second-order valence-electron chi connectivity index (χ2n) is 6.09. The third kappa shape index (κ3) is 8.02. The first-order chi connectivity index (χ1) is 10.7. The van der Waals surface area contributed by atoms with Gasteiger partial charge in [0.15, 0.2) is 5.96 Å². The molecular weight excluding hydrogens is 310 g/mol. The van der Waals surface area contributed by atoms with Gasteiger partial charge in [0.1, 0.15) is 9.84 Å². The first kappa shape index (κ1) is 19.5. The molecule has 6 heteroatoms. The third-order valence-electron chi connectivity index (χ3n) is 3.55. The number of hydrogen-bond donors (Lipinski definition) is 2. The Kier molecular flexibility index (Phi) is 7.55. The Balaban J connectivity index is 2.69. The Hall–Kier alpha value is -1.56. The summed E-state index contributed by atoms with van der Waals surface area (Å²) in [5.74, 6) is 0.894. The van der Waals surface area contributed by atoms with E-state index in [4.69, 9.17) is 0 Å². The van der Waals surface area contributed by atoms with Gasteiger partial charge in [0, 0.05) is 18.8 Å². The maximum atomic E-state index is 11.2. The molecule has 0 aromatic heterocycles. The number of aliphatic imine (C=N–C) groups is 1. The van der Waals surface area contributed by atoms with Crippen LogP contribution in [-0.4, -0.2) is 39.0 Å². The van der Waals surface area contributed by atoms with Crippen molar-refractivity contribution in [2.45, 2.75) is 46.7 Å². The van der Waals surface area contributed by atoms with Crippen LogP contribution in [0.5, 0.6) is 0 Å². The van der Waals surface area contributed by atoms with Crippen LogP contribution in [0.2, 0.25) is 0 Å². The van der Waals surface area contributed by atoms with Crippen LogP contribution in [-0.2, 0) is 16.4 Å². The molecule has 130 valence electrons. The van der Waals surface area contributed by atoms with E-state index in [1.54, 1.807) is 0 Å². The van der Waals surface area contributed by atoms with Gasteiger partial charge in [0.25, 0.3) is 0 Å². The molecule has 0 radical (unpaired) electrons. The van der Waals surface area contributed by atoms with Crippen molar-refractivity contribution >= 4 is 15.8 Å². The zero-order valence-electron chi connectivity index (χ0n) is 14.8. The summed E-state index contributed by atoms with van der Waals surface area (Å²) in [6.45, 7) is 9.50. The molecule has 0 aliphatic heterocycles. The standard InChI is InChI=1S/C17H29N3O2S/c1-6-18-17(20-15(4)9-10-23(5,21)22)19-12-16-8-7-13(2)11-14(16)3/h7-8,11,15H,6,9-10,12H2,1-5H3,(H2,18,19,20). The number of sulfone groups is 1. The van der Waals surface area contributed by atoms with E-state index in [1.165, 1.54) is 22.9 Å². The second-order valence-corrected chi connectivity index (χ2v) is 8.35. The first-order valence-electron chi connectivity index (χ1n) is 8.00. The van der Waals surface area contributed by atoms with Crippen molar-refractivity contribution in [2.24, 2.45) is 4.99 Å². The maximum Gasteiger partial charge on any atom is 0.191 e. The number of benzene rings is 1. The summed E-state index contributed by atoms with van der Waals surface area (Å²) in [5, 5.41) is 6.47. The highest BCUT2D eigenvalue weighted by Gasteiger charge is 2.09. The van der Waals surface area contributed by atoms with Crippen LogP contribution in [0.25, 0.3) is 0 Å². The zero-order chi connectivity index (χ0) is 17.5. The van der Waals surface area contributed by atoms with Gasteiger partial charge in [0.05, 0.1) is 12.3 Å². The minimum Gasteiger partial charge on any atom is -0.357 e. The van der Waals surface area contributed by atoms with Crippen LogP contribution in [0.1, 0.15) is 37.0 Å². The molecule has 0 aliphatic carbocycles. The number of rotatable bonds is 7. The number of aryl methyl sites for hydroxylation is 2. The van der Waals surface area contributed by atoms with Crippen molar-refractivity contribution in [2.75, 3.05) is 18.6 Å². The first-order valence-corrected chi connectivity index (χ1v) is 10.1. The van der Waals surface area contributed by atoms with Crippen molar-refractivity contribution in [1.29, 1.82) is 0 Å². The molecular formula is C17H29N3O2S. The lowest BCUT2D eigenvalue weighted by Gasteiger charge is -2.17. The van der Waals surface area contributed by atoms with Gasteiger partial charge < -0.3 is 10.6 Å². The fraction of sp³-hybridized carbons (Fsp3) is 0.588. The van der Waals surface area contributed by atoms with Crippen molar-refractivity contribution in [1.82, 2.24) is 10.6 Å². The summed E-state index contributed by atoms with van der Waals surface area (Å²) in [4.78, 5) is 4.60. The molecule has 1 atom stereocenters. The SMILES string of the molecule is CCNC(=NCc1ccc(C)cc1C)NC(C)CCS(C)(=O)=O. The molecule has 0 saturated carbocycles. The van der Waals surface area contributed by atoms with Gasteiger partial charge in [0.2, 0.25) is 0 Å². The minimum absolute atomic E-state index is 0.0432. The van der Waals surface area contributed by atoms with Crippen molar-refractivity contribution in [3.63, 3.8) is 0 Å². The number of hydrogen-bond acceptors (Lipinski definition) is 3. The van der Waals surface area contributed by atoms with Crippen molar-refractivity contribution in [3.05, 3.63) is 34.9 Å². The van der Waals surface area contributed by atoms with Crippen molar-refractivity contribution < 1.29 is 8.42 Å². The van der Waals surface area contributed by atoms with Gasteiger partial charge in [-0.05, 0) is 45.2 Å². The van der Waals surface area contributed by atoms with E-state index >= 15 is 0 Å². The van der Waals surface area contributed by atoms with Gasteiger partial charge >= 0.3 is 0 Å². The summed E-state index contributed by atoms with van der Waals surface area (Å²) in [5.41, 5.74) is 3.67. The van der Waals surface area contributed by atoms with Gasteiger partial charge in [-0.3, -0.25) is 0 Å². The van der Waals surface area contributed by atoms with Crippen LogP contribution in [0, 0.1) is 13.8 Å². The monoisotopic (exact) mass is 339 g/mol. The number of nitrogens with one attached hydrogen (secondary N) is 2. The summed E-state index contributed by atoms with van der Waals surface area (Å²) >= 11 is 0. The topological polar surface area (TPSA) is 70.6 Å².